The zero-order valence-electron chi connectivity index (χ0n) is 13.9. The fourth-order valence-corrected chi connectivity index (χ4v) is 3.46. The van der Waals surface area contributed by atoms with Crippen molar-refractivity contribution >= 4 is 51.8 Å². The number of benzene rings is 3. The summed E-state index contributed by atoms with van der Waals surface area (Å²) in [6, 6.07) is 17.5. The Morgan fingerprint density at radius 3 is 2.38 bits per heavy atom. The second-order valence-corrected chi connectivity index (χ2v) is 7.01. The molecule has 0 fully saturated rings. The van der Waals surface area contributed by atoms with Gasteiger partial charge in [-0.05, 0) is 48.0 Å². The number of rotatable bonds is 2. The molecule has 1 heterocycles. The molecule has 1 aliphatic rings. The second-order valence-electron chi connectivity index (χ2n) is 6.20. The summed E-state index contributed by atoms with van der Waals surface area (Å²) in [5.41, 5.74) is 3.08. The summed E-state index contributed by atoms with van der Waals surface area (Å²) in [6.07, 6.45) is 3.38. The third-order valence-corrected chi connectivity index (χ3v) is 4.96. The quantitative estimate of drug-likeness (QED) is 0.377. The first kappa shape index (κ1) is 16.9. The molecule has 2 nitrogen and oxygen atoms in total. The van der Waals surface area contributed by atoms with Crippen molar-refractivity contribution in [3.63, 3.8) is 0 Å². The molecule has 3 aromatic rings. The van der Waals surface area contributed by atoms with Gasteiger partial charge < -0.3 is 4.74 Å². The predicted octanol–water partition coefficient (Wildman–Crippen LogP) is 6.44. The van der Waals surface area contributed by atoms with Gasteiger partial charge in [0.2, 0.25) is 0 Å². The molecule has 1 aliphatic heterocycles. The highest BCUT2D eigenvalue weighted by Crippen LogP contribution is 2.32. The van der Waals surface area contributed by atoms with Crippen LogP contribution in [0.3, 0.4) is 0 Å². The summed E-state index contributed by atoms with van der Waals surface area (Å²) in [6.45, 7) is 2.06. The van der Waals surface area contributed by atoms with Gasteiger partial charge in [-0.1, -0.05) is 65.2 Å². The Bertz CT molecular complexity index is 1090. The van der Waals surface area contributed by atoms with Crippen molar-refractivity contribution in [1.29, 1.82) is 0 Å². The maximum Gasteiger partial charge on any atom is 0.343 e. The van der Waals surface area contributed by atoms with Crippen LogP contribution < -0.4 is 0 Å². The number of carbonyl (C=O) groups excluding carboxylic acids is 1. The smallest absolute Gasteiger partial charge is 0.343 e. The zero-order chi connectivity index (χ0) is 18.3. The molecular weight excluding hydrogens is 367 g/mol. The van der Waals surface area contributed by atoms with Gasteiger partial charge in [-0.25, -0.2) is 4.79 Å². The minimum atomic E-state index is -0.417. The standard InChI is InChI=1S/C22H14Cl2O2/c1-13-5-6-15-10-16(8-7-14(15)9-13)21-12-17(22(25)26-21)11-18-19(23)3-2-4-20(18)24/h2-12H,1H3/b17-11+. The first-order chi connectivity index (χ1) is 12.5. The number of hydrogen-bond donors (Lipinski definition) is 0. The van der Waals surface area contributed by atoms with Gasteiger partial charge in [0.05, 0.1) is 5.57 Å². The first-order valence-electron chi connectivity index (χ1n) is 8.12. The van der Waals surface area contributed by atoms with Gasteiger partial charge in [0.1, 0.15) is 5.76 Å². The van der Waals surface area contributed by atoms with E-state index in [9.17, 15) is 4.79 Å². The van der Waals surface area contributed by atoms with E-state index in [1.165, 1.54) is 5.56 Å². The van der Waals surface area contributed by atoms with Crippen molar-refractivity contribution in [1.82, 2.24) is 0 Å². The fraction of sp³-hybridized carbons (Fsp3) is 0.0455. The van der Waals surface area contributed by atoms with Crippen LogP contribution in [0.25, 0.3) is 22.6 Å². The van der Waals surface area contributed by atoms with E-state index in [0.29, 0.717) is 26.9 Å². The molecule has 0 unspecified atom stereocenters. The maximum absolute atomic E-state index is 12.3. The van der Waals surface area contributed by atoms with Crippen LogP contribution in [0.15, 0.2) is 66.2 Å². The number of hydrogen-bond acceptors (Lipinski definition) is 2. The van der Waals surface area contributed by atoms with Crippen molar-refractivity contribution in [2.45, 2.75) is 6.92 Å². The third-order valence-electron chi connectivity index (χ3n) is 4.30. The molecule has 0 spiro atoms. The van der Waals surface area contributed by atoms with Crippen LogP contribution in [0.1, 0.15) is 16.7 Å². The first-order valence-corrected chi connectivity index (χ1v) is 8.87. The number of halogens is 2. The molecule has 4 heteroatoms. The van der Waals surface area contributed by atoms with Crippen LogP contribution in [-0.4, -0.2) is 5.97 Å². The monoisotopic (exact) mass is 380 g/mol. The molecule has 0 aromatic heterocycles. The fourth-order valence-electron chi connectivity index (χ4n) is 2.95. The van der Waals surface area contributed by atoms with Gasteiger partial charge in [-0.3, -0.25) is 0 Å². The largest absolute Gasteiger partial charge is 0.422 e. The van der Waals surface area contributed by atoms with E-state index in [4.69, 9.17) is 27.9 Å². The third kappa shape index (κ3) is 3.14. The normalized spacial score (nSPS) is 15.4. The van der Waals surface area contributed by atoms with Crippen molar-refractivity contribution < 1.29 is 9.53 Å². The van der Waals surface area contributed by atoms with Crippen LogP contribution in [0, 0.1) is 6.92 Å². The molecule has 0 saturated carbocycles. The average molecular weight is 381 g/mol. The minimum Gasteiger partial charge on any atom is -0.422 e. The highest BCUT2D eigenvalue weighted by molar-refractivity contribution is 6.37. The molecule has 0 radical (unpaired) electrons. The van der Waals surface area contributed by atoms with E-state index >= 15 is 0 Å². The Kier molecular flexibility index (Phi) is 4.31. The Labute approximate surface area is 161 Å². The van der Waals surface area contributed by atoms with Crippen LogP contribution in [0.2, 0.25) is 10.0 Å². The molecular formula is C22H14Cl2O2. The number of fused-ring (bicyclic) bond motifs is 1. The predicted molar refractivity (Wildman–Crippen MR) is 107 cm³/mol. The molecule has 0 amide bonds. The van der Waals surface area contributed by atoms with Gasteiger partial charge in [-0.2, -0.15) is 0 Å². The summed E-state index contributed by atoms with van der Waals surface area (Å²) in [5, 5.41) is 3.22. The lowest BCUT2D eigenvalue weighted by atomic mass is 10.0. The van der Waals surface area contributed by atoms with Crippen LogP contribution in [-0.2, 0) is 9.53 Å². The van der Waals surface area contributed by atoms with E-state index in [2.05, 4.69) is 25.1 Å². The highest BCUT2D eigenvalue weighted by Gasteiger charge is 2.23. The molecule has 26 heavy (non-hydrogen) atoms. The number of aryl methyl sites for hydroxylation is 1. The summed E-state index contributed by atoms with van der Waals surface area (Å²) >= 11 is 12.4. The highest BCUT2D eigenvalue weighted by atomic mass is 35.5. The Balaban J connectivity index is 1.75. The van der Waals surface area contributed by atoms with Crippen molar-refractivity contribution in [2.75, 3.05) is 0 Å². The van der Waals surface area contributed by atoms with Gasteiger partial charge in [0, 0.05) is 21.2 Å². The van der Waals surface area contributed by atoms with E-state index in [1.54, 1.807) is 30.4 Å². The SMILES string of the molecule is Cc1ccc2cc(C3=C/C(=C\c4c(Cl)cccc4Cl)C(=O)O3)ccc2c1. The zero-order valence-corrected chi connectivity index (χ0v) is 15.4. The van der Waals surface area contributed by atoms with Crippen LogP contribution >= 0.6 is 23.2 Å². The number of esters is 1. The van der Waals surface area contributed by atoms with Crippen LogP contribution in [0.4, 0.5) is 0 Å². The summed E-state index contributed by atoms with van der Waals surface area (Å²) in [7, 11) is 0. The molecule has 128 valence electrons. The lowest BCUT2D eigenvalue weighted by Crippen LogP contribution is -1.97. The van der Waals surface area contributed by atoms with Gasteiger partial charge in [-0.15, -0.1) is 0 Å². The van der Waals surface area contributed by atoms with Gasteiger partial charge >= 0.3 is 5.97 Å². The Morgan fingerprint density at radius 1 is 0.923 bits per heavy atom. The molecule has 4 rings (SSSR count). The van der Waals surface area contributed by atoms with Crippen LogP contribution in [0.5, 0.6) is 0 Å². The van der Waals surface area contributed by atoms with E-state index < -0.39 is 5.97 Å². The molecule has 0 bridgehead atoms. The van der Waals surface area contributed by atoms with Gasteiger partial charge in [0.15, 0.2) is 0 Å². The molecule has 3 aromatic carbocycles. The van der Waals surface area contributed by atoms with Crippen molar-refractivity contribution in [2.24, 2.45) is 0 Å². The molecule has 0 N–H and O–H groups in total. The topological polar surface area (TPSA) is 26.3 Å². The maximum atomic E-state index is 12.3. The summed E-state index contributed by atoms with van der Waals surface area (Å²) in [5.74, 6) is 0.104. The van der Waals surface area contributed by atoms with Crippen molar-refractivity contribution in [3.05, 3.63) is 93.0 Å². The molecule has 0 atom stereocenters. The van der Waals surface area contributed by atoms with Crippen molar-refractivity contribution in [3.8, 4) is 0 Å². The summed E-state index contributed by atoms with van der Waals surface area (Å²) in [4.78, 5) is 12.3. The van der Waals surface area contributed by atoms with E-state index in [1.807, 2.05) is 18.2 Å². The lowest BCUT2D eigenvalue weighted by molar-refractivity contribution is -0.130. The number of carbonyl (C=O) groups is 1. The molecule has 0 aliphatic carbocycles. The number of ether oxygens (including phenoxy) is 1. The van der Waals surface area contributed by atoms with E-state index in [-0.39, 0.29) is 0 Å². The second kappa shape index (κ2) is 6.64. The van der Waals surface area contributed by atoms with E-state index in [0.717, 1.165) is 16.3 Å². The lowest BCUT2D eigenvalue weighted by Gasteiger charge is -2.05. The van der Waals surface area contributed by atoms with Gasteiger partial charge in [0.25, 0.3) is 0 Å². The summed E-state index contributed by atoms with van der Waals surface area (Å²) < 4.78 is 5.45. The Hall–Kier alpha value is -2.55. The minimum absolute atomic E-state index is 0.416. The average Bonchev–Trinajstić information content (AvgIpc) is 2.98. The molecule has 0 saturated heterocycles. The Morgan fingerprint density at radius 2 is 1.62 bits per heavy atom. The number of cyclic esters (lactones) is 1.